The Labute approximate surface area is 62.5 Å². The Bertz CT molecular complexity index is 133. The van der Waals surface area contributed by atoms with Gasteiger partial charge in [-0.3, -0.25) is 0 Å². The van der Waals surface area contributed by atoms with Crippen molar-refractivity contribution in [3.8, 4) is 0 Å². The van der Waals surface area contributed by atoms with E-state index < -0.39 is 0 Å². The number of rotatable bonds is 3. The molecule has 0 spiro atoms. The molecule has 10 heavy (non-hydrogen) atoms. The third kappa shape index (κ3) is 1.32. The van der Waals surface area contributed by atoms with Crippen LogP contribution in [-0.4, -0.2) is 23.3 Å². The van der Waals surface area contributed by atoms with Gasteiger partial charge in [-0.05, 0) is 27.0 Å². The molecular formula is C8H15NO. The highest BCUT2D eigenvalue weighted by Gasteiger charge is 2.39. The largest absolute Gasteiger partial charge is 0.349 e. The molecule has 58 valence electrons. The van der Waals surface area contributed by atoms with Crippen molar-refractivity contribution in [2.24, 2.45) is 0 Å². The van der Waals surface area contributed by atoms with E-state index in [1.54, 1.807) is 0 Å². The molecule has 0 bridgehead atoms. The number of ether oxygens (including phenoxy) is 1. The van der Waals surface area contributed by atoms with Gasteiger partial charge in [0.05, 0.1) is 0 Å². The highest BCUT2D eigenvalue weighted by molar-refractivity contribution is 4.88. The molecule has 0 radical (unpaired) electrons. The molecule has 0 N–H and O–H groups in total. The summed E-state index contributed by atoms with van der Waals surface area (Å²) in [6.45, 7) is 10.1. The smallest absolute Gasteiger partial charge is 0.156 e. The number of nitrogens with zero attached hydrogens (tertiary/aromatic N) is 1. The molecule has 1 saturated heterocycles. The lowest BCUT2D eigenvalue weighted by molar-refractivity contribution is 0.201. The van der Waals surface area contributed by atoms with Crippen LogP contribution in [0.4, 0.5) is 0 Å². The summed E-state index contributed by atoms with van der Waals surface area (Å²) in [6, 6.07) is 0.493. The summed E-state index contributed by atoms with van der Waals surface area (Å²) in [4.78, 5) is 2.13. The summed E-state index contributed by atoms with van der Waals surface area (Å²) in [5.74, 6) is 0. The molecule has 1 unspecified atom stereocenters. The first-order chi connectivity index (χ1) is 4.66. The molecule has 0 amide bonds. The monoisotopic (exact) mass is 141 g/mol. The zero-order valence-electron chi connectivity index (χ0n) is 6.87. The van der Waals surface area contributed by atoms with E-state index in [1.165, 1.54) is 0 Å². The molecule has 2 atom stereocenters. The zero-order valence-corrected chi connectivity index (χ0v) is 6.87. The van der Waals surface area contributed by atoms with Gasteiger partial charge in [-0.15, -0.1) is 0 Å². The molecule has 1 rings (SSSR count). The topological polar surface area (TPSA) is 15.8 Å². The highest BCUT2D eigenvalue weighted by Crippen LogP contribution is 2.26. The average molecular weight is 141 g/mol. The first kappa shape index (κ1) is 7.61. The molecule has 1 aliphatic rings. The molecule has 0 aromatic rings. The average Bonchev–Trinajstić information content (AvgIpc) is 2.48. The summed E-state index contributed by atoms with van der Waals surface area (Å²) in [6.07, 6.45) is 2.52. The third-order valence-corrected chi connectivity index (χ3v) is 1.78. The Kier molecular flexibility index (Phi) is 2.00. The maximum atomic E-state index is 5.29. The lowest BCUT2D eigenvalue weighted by Crippen LogP contribution is -2.28. The van der Waals surface area contributed by atoms with Crippen molar-refractivity contribution in [2.75, 3.05) is 0 Å². The quantitative estimate of drug-likeness (QED) is 0.555. The van der Waals surface area contributed by atoms with E-state index in [1.807, 2.05) is 6.20 Å². The predicted octanol–water partition coefficient (Wildman–Crippen LogP) is 1.59. The Morgan fingerprint density at radius 2 is 2.10 bits per heavy atom. The van der Waals surface area contributed by atoms with Crippen LogP contribution in [0.5, 0.6) is 0 Å². The molecule has 1 heterocycles. The van der Waals surface area contributed by atoms with Gasteiger partial charge in [0.25, 0.3) is 0 Å². The molecule has 2 heteroatoms. The summed E-state index contributed by atoms with van der Waals surface area (Å²) in [5.41, 5.74) is 0. The van der Waals surface area contributed by atoms with Crippen LogP contribution >= 0.6 is 0 Å². The van der Waals surface area contributed by atoms with Gasteiger partial charge < -0.3 is 9.64 Å². The van der Waals surface area contributed by atoms with Gasteiger partial charge in [0.1, 0.15) is 6.10 Å². The van der Waals surface area contributed by atoms with Crippen LogP contribution < -0.4 is 0 Å². The minimum Gasteiger partial charge on any atom is -0.349 e. The second kappa shape index (κ2) is 2.62. The normalized spacial score (nSPS) is 30.4. The highest BCUT2D eigenvalue weighted by atomic mass is 16.6. The van der Waals surface area contributed by atoms with Gasteiger partial charge in [0, 0.05) is 6.04 Å². The van der Waals surface area contributed by atoms with Crippen LogP contribution in [-0.2, 0) is 4.74 Å². The van der Waals surface area contributed by atoms with Crippen LogP contribution in [0.15, 0.2) is 12.8 Å². The van der Waals surface area contributed by atoms with Crippen molar-refractivity contribution in [3.05, 3.63) is 12.8 Å². The molecule has 0 aliphatic carbocycles. The Hall–Kier alpha value is -0.500. The first-order valence-corrected chi connectivity index (χ1v) is 3.72. The minimum absolute atomic E-state index is 0.289. The molecule has 0 aromatic carbocycles. The molecule has 1 aliphatic heterocycles. The van der Waals surface area contributed by atoms with Gasteiger partial charge >= 0.3 is 0 Å². The van der Waals surface area contributed by atoms with Crippen LogP contribution in [0.2, 0.25) is 0 Å². The summed E-state index contributed by atoms with van der Waals surface area (Å²) >= 11 is 0. The summed E-state index contributed by atoms with van der Waals surface area (Å²) in [7, 11) is 0. The molecule has 2 nitrogen and oxygen atoms in total. The van der Waals surface area contributed by atoms with E-state index >= 15 is 0 Å². The summed E-state index contributed by atoms with van der Waals surface area (Å²) in [5, 5.41) is 0. The van der Waals surface area contributed by atoms with Gasteiger partial charge in [-0.25, -0.2) is 0 Å². The Morgan fingerprint density at radius 1 is 1.60 bits per heavy atom. The van der Waals surface area contributed by atoms with Crippen LogP contribution in [0.25, 0.3) is 0 Å². The minimum atomic E-state index is 0.289. The van der Waals surface area contributed by atoms with E-state index in [0.29, 0.717) is 12.1 Å². The second-order valence-electron chi connectivity index (χ2n) is 2.96. The number of epoxide rings is 1. The fourth-order valence-corrected chi connectivity index (χ4v) is 1.10. The Morgan fingerprint density at radius 3 is 2.20 bits per heavy atom. The van der Waals surface area contributed by atoms with Crippen molar-refractivity contribution >= 4 is 0 Å². The first-order valence-electron chi connectivity index (χ1n) is 3.72. The standard InChI is InChI=1S/C8H15NO/c1-5-9(6(2)3)8-7(4)10-8/h5-8H,1H2,2-4H3/t7-,8?/m1/s1. The van der Waals surface area contributed by atoms with Crippen molar-refractivity contribution in [1.29, 1.82) is 0 Å². The lowest BCUT2D eigenvalue weighted by atomic mass is 10.3. The molecular weight excluding hydrogens is 126 g/mol. The maximum Gasteiger partial charge on any atom is 0.156 e. The van der Waals surface area contributed by atoms with Crippen LogP contribution in [0.1, 0.15) is 20.8 Å². The fourth-order valence-electron chi connectivity index (χ4n) is 1.10. The maximum absolute atomic E-state index is 5.29. The summed E-state index contributed by atoms with van der Waals surface area (Å²) < 4.78 is 5.29. The van der Waals surface area contributed by atoms with E-state index in [4.69, 9.17) is 4.74 Å². The van der Waals surface area contributed by atoms with Crippen molar-refractivity contribution in [1.82, 2.24) is 4.90 Å². The van der Waals surface area contributed by atoms with Crippen molar-refractivity contribution in [2.45, 2.75) is 39.1 Å². The van der Waals surface area contributed by atoms with Crippen molar-refractivity contribution < 1.29 is 4.74 Å². The van der Waals surface area contributed by atoms with E-state index in [-0.39, 0.29) is 6.23 Å². The van der Waals surface area contributed by atoms with Crippen molar-refractivity contribution in [3.63, 3.8) is 0 Å². The SMILES string of the molecule is C=CN(C(C)C)C1O[C@@H]1C. The van der Waals surface area contributed by atoms with E-state index in [9.17, 15) is 0 Å². The van der Waals surface area contributed by atoms with Gasteiger partial charge in [0.15, 0.2) is 6.23 Å². The third-order valence-electron chi connectivity index (χ3n) is 1.78. The fraction of sp³-hybridized carbons (Fsp3) is 0.750. The van der Waals surface area contributed by atoms with E-state index in [0.717, 1.165) is 0 Å². The predicted molar refractivity (Wildman–Crippen MR) is 41.5 cm³/mol. The number of hydrogen-bond donors (Lipinski definition) is 0. The van der Waals surface area contributed by atoms with Gasteiger partial charge in [-0.2, -0.15) is 0 Å². The lowest BCUT2D eigenvalue weighted by Gasteiger charge is -2.21. The second-order valence-corrected chi connectivity index (χ2v) is 2.96. The van der Waals surface area contributed by atoms with Crippen LogP contribution in [0.3, 0.4) is 0 Å². The molecule has 0 saturated carbocycles. The van der Waals surface area contributed by atoms with Gasteiger partial charge in [0.2, 0.25) is 0 Å². The Balaban J connectivity index is 2.42. The molecule has 1 fully saturated rings. The zero-order chi connectivity index (χ0) is 7.72. The van der Waals surface area contributed by atoms with E-state index in [2.05, 4.69) is 32.3 Å². The van der Waals surface area contributed by atoms with Gasteiger partial charge in [-0.1, -0.05) is 6.58 Å². The van der Waals surface area contributed by atoms with Crippen LogP contribution in [0, 0.1) is 0 Å². The number of hydrogen-bond acceptors (Lipinski definition) is 2. The molecule has 0 aromatic heterocycles.